The topological polar surface area (TPSA) is 38.9 Å². The Hall–Kier alpha value is -1.74. The summed E-state index contributed by atoms with van der Waals surface area (Å²) in [5.74, 6) is -0.224. The fraction of sp³-hybridized carbons (Fsp3) is 0.214. The van der Waals surface area contributed by atoms with Gasteiger partial charge in [0.25, 0.3) is 0 Å². The van der Waals surface area contributed by atoms with Crippen molar-refractivity contribution in [1.82, 2.24) is 4.98 Å². The van der Waals surface area contributed by atoms with Gasteiger partial charge in [-0.1, -0.05) is 6.07 Å². The van der Waals surface area contributed by atoms with Gasteiger partial charge in [-0.05, 0) is 54.3 Å². The van der Waals surface area contributed by atoms with Gasteiger partial charge in [0.2, 0.25) is 0 Å². The first kappa shape index (κ1) is 11.7. The molecule has 0 radical (unpaired) electrons. The zero-order chi connectivity index (χ0) is 12.3. The van der Waals surface area contributed by atoms with Crippen molar-refractivity contribution < 1.29 is 4.39 Å². The van der Waals surface area contributed by atoms with Gasteiger partial charge in [0, 0.05) is 18.4 Å². The van der Waals surface area contributed by atoms with E-state index in [2.05, 4.69) is 4.98 Å². The fourth-order valence-electron chi connectivity index (χ4n) is 1.89. The zero-order valence-electron chi connectivity index (χ0n) is 9.73. The van der Waals surface area contributed by atoms with E-state index >= 15 is 0 Å². The maximum absolute atomic E-state index is 13.3. The molecular formula is C14H15FN2. The van der Waals surface area contributed by atoms with E-state index in [1.165, 1.54) is 6.07 Å². The molecule has 3 heteroatoms. The highest BCUT2D eigenvalue weighted by Crippen LogP contribution is 2.20. The van der Waals surface area contributed by atoms with Gasteiger partial charge in [0.15, 0.2) is 0 Å². The molecular weight excluding hydrogens is 215 g/mol. The average molecular weight is 230 g/mol. The van der Waals surface area contributed by atoms with Crippen LogP contribution in [0.4, 0.5) is 4.39 Å². The molecule has 0 aliphatic heterocycles. The standard InChI is InChI=1S/C14H15FN2/c1-10(16)14-3-2-13(15)9-12(14)8-11-4-6-17-7-5-11/h2-7,9-10H,8,16H2,1H3. The molecule has 0 amide bonds. The number of pyridine rings is 1. The Morgan fingerprint density at radius 1 is 1.24 bits per heavy atom. The van der Waals surface area contributed by atoms with Crippen molar-refractivity contribution in [2.75, 3.05) is 0 Å². The summed E-state index contributed by atoms with van der Waals surface area (Å²) in [7, 11) is 0. The maximum Gasteiger partial charge on any atom is 0.123 e. The number of nitrogens with two attached hydrogens (primary N) is 1. The summed E-state index contributed by atoms with van der Waals surface area (Å²) in [6.07, 6.45) is 4.15. The third-order valence-electron chi connectivity index (χ3n) is 2.74. The summed E-state index contributed by atoms with van der Waals surface area (Å²) < 4.78 is 13.3. The van der Waals surface area contributed by atoms with E-state index in [0.717, 1.165) is 16.7 Å². The van der Waals surface area contributed by atoms with E-state index in [1.807, 2.05) is 19.1 Å². The lowest BCUT2D eigenvalue weighted by atomic mass is 9.96. The van der Waals surface area contributed by atoms with E-state index in [4.69, 9.17) is 5.73 Å². The predicted molar refractivity (Wildman–Crippen MR) is 66.0 cm³/mol. The van der Waals surface area contributed by atoms with Gasteiger partial charge in [-0.3, -0.25) is 4.98 Å². The molecule has 1 heterocycles. The van der Waals surface area contributed by atoms with Crippen LogP contribution in [0.25, 0.3) is 0 Å². The number of hydrogen-bond acceptors (Lipinski definition) is 2. The Labute approximate surface area is 100 Å². The molecule has 0 saturated heterocycles. The second kappa shape index (κ2) is 5.06. The highest BCUT2D eigenvalue weighted by atomic mass is 19.1. The molecule has 2 nitrogen and oxygen atoms in total. The predicted octanol–water partition coefficient (Wildman–Crippen LogP) is 2.83. The van der Waals surface area contributed by atoms with Crippen molar-refractivity contribution in [3.63, 3.8) is 0 Å². The molecule has 2 aromatic rings. The van der Waals surface area contributed by atoms with Gasteiger partial charge in [0.05, 0.1) is 0 Å². The van der Waals surface area contributed by atoms with Crippen molar-refractivity contribution in [2.45, 2.75) is 19.4 Å². The lowest BCUT2D eigenvalue weighted by Crippen LogP contribution is -2.09. The number of nitrogens with zero attached hydrogens (tertiary/aromatic N) is 1. The van der Waals surface area contributed by atoms with Crippen LogP contribution in [0.5, 0.6) is 0 Å². The molecule has 1 unspecified atom stereocenters. The molecule has 2 rings (SSSR count). The first-order chi connectivity index (χ1) is 8.16. The normalized spacial score (nSPS) is 12.4. The minimum Gasteiger partial charge on any atom is -0.324 e. The molecule has 1 aromatic heterocycles. The monoisotopic (exact) mass is 230 g/mol. The second-order valence-electron chi connectivity index (χ2n) is 4.16. The van der Waals surface area contributed by atoms with Crippen LogP contribution in [0, 0.1) is 5.82 Å². The fourth-order valence-corrected chi connectivity index (χ4v) is 1.89. The Morgan fingerprint density at radius 3 is 2.59 bits per heavy atom. The number of hydrogen-bond donors (Lipinski definition) is 1. The van der Waals surface area contributed by atoms with Crippen LogP contribution in [0.3, 0.4) is 0 Å². The molecule has 2 N–H and O–H groups in total. The van der Waals surface area contributed by atoms with Crippen molar-refractivity contribution in [1.29, 1.82) is 0 Å². The Balaban J connectivity index is 2.34. The lowest BCUT2D eigenvalue weighted by molar-refractivity contribution is 0.623. The van der Waals surface area contributed by atoms with Crippen molar-refractivity contribution in [3.8, 4) is 0 Å². The first-order valence-corrected chi connectivity index (χ1v) is 5.59. The first-order valence-electron chi connectivity index (χ1n) is 5.59. The average Bonchev–Trinajstić information content (AvgIpc) is 2.30. The molecule has 0 aliphatic rings. The quantitative estimate of drug-likeness (QED) is 0.880. The van der Waals surface area contributed by atoms with E-state index in [1.54, 1.807) is 24.5 Å². The summed E-state index contributed by atoms with van der Waals surface area (Å²) in [6.45, 7) is 1.91. The Kier molecular flexibility index (Phi) is 3.49. The van der Waals surface area contributed by atoms with Gasteiger partial charge < -0.3 is 5.73 Å². The number of rotatable bonds is 3. The molecule has 88 valence electrons. The second-order valence-corrected chi connectivity index (χ2v) is 4.16. The summed E-state index contributed by atoms with van der Waals surface area (Å²) in [5.41, 5.74) is 8.91. The van der Waals surface area contributed by atoms with Crippen LogP contribution in [-0.2, 0) is 6.42 Å². The highest BCUT2D eigenvalue weighted by Gasteiger charge is 2.08. The zero-order valence-corrected chi connectivity index (χ0v) is 9.73. The van der Waals surface area contributed by atoms with Gasteiger partial charge in [-0.15, -0.1) is 0 Å². The summed E-state index contributed by atoms with van der Waals surface area (Å²) in [6, 6.07) is 8.53. The van der Waals surface area contributed by atoms with Crippen LogP contribution in [0.1, 0.15) is 29.7 Å². The molecule has 1 atom stereocenters. The SMILES string of the molecule is CC(N)c1ccc(F)cc1Cc1ccncc1. The minimum atomic E-state index is -0.224. The van der Waals surface area contributed by atoms with Gasteiger partial charge in [-0.25, -0.2) is 4.39 Å². The van der Waals surface area contributed by atoms with Crippen molar-refractivity contribution >= 4 is 0 Å². The Bertz CT molecular complexity index is 495. The summed E-state index contributed by atoms with van der Waals surface area (Å²) in [5, 5.41) is 0. The van der Waals surface area contributed by atoms with Crippen LogP contribution < -0.4 is 5.73 Å². The van der Waals surface area contributed by atoms with Crippen LogP contribution in [0.15, 0.2) is 42.7 Å². The van der Waals surface area contributed by atoms with E-state index in [-0.39, 0.29) is 11.9 Å². The van der Waals surface area contributed by atoms with Crippen LogP contribution in [0.2, 0.25) is 0 Å². The molecule has 17 heavy (non-hydrogen) atoms. The number of aromatic nitrogens is 1. The lowest BCUT2D eigenvalue weighted by Gasteiger charge is -2.12. The molecule has 0 saturated carbocycles. The Morgan fingerprint density at radius 2 is 1.94 bits per heavy atom. The highest BCUT2D eigenvalue weighted by molar-refractivity contribution is 5.34. The maximum atomic E-state index is 13.3. The minimum absolute atomic E-state index is 0.0903. The molecule has 0 spiro atoms. The molecule has 0 aliphatic carbocycles. The van der Waals surface area contributed by atoms with E-state index in [0.29, 0.717) is 6.42 Å². The van der Waals surface area contributed by atoms with Gasteiger partial charge >= 0.3 is 0 Å². The van der Waals surface area contributed by atoms with Crippen molar-refractivity contribution in [2.24, 2.45) is 5.73 Å². The molecule has 1 aromatic carbocycles. The third-order valence-corrected chi connectivity index (χ3v) is 2.74. The summed E-state index contributed by atoms with van der Waals surface area (Å²) in [4.78, 5) is 3.96. The smallest absolute Gasteiger partial charge is 0.123 e. The number of halogens is 1. The molecule has 0 bridgehead atoms. The third kappa shape index (κ3) is 2.88. The van der Waals surface area contributed by atoms with Crippen LogP contribution >= 0.6 is 0 Å². The number of benzene rings is 1. The van der Waals surface area contributed by atoms with E-state index < -0.39 is 0 Å². The van der Waals surface area contributed by atoms with Gasteiger partial charge in [-0.2, -0.15) is 0 Å². The van der Waals surface area contributed by atoms with Crippen LogP contribution in [-0.4, -0.2) is 4.98 Å². The largest absolute Gasteiger partial charge is 0.324 e. The van der Waals surface area contributed by atoms with Gasteiger partial charge in [0.1, 0.15) is 5.82 Å². The summed E-state index contributed by atoms with van der Waals surface area (Å²) >= 11 is 0. The van der Waals surface area contributed by atoms with E-state index in [9.17, 15) is 4.39 Å². The van der Waals surface area contributed by atoms with Crippen molar-refractivity contribution in [3.05, 3.63) is 65.2 Å². The molecule has 0 fully saturated rings.